The van der Waals surface area contributed by atoms with Gasteiger partial charge in [-0.1, -0.05) is 17.7 Å². The molecule has 1 N–H and O–H groups in total. The molecule has 1 heterocycles. The average molecular weight is 344 g/mol. The van der Waals surface area contributed by atoms with E-state index in [2.05, 4.69) is 6.58 Å². The number of allylic oxidation sites excluding steroid dienone is 1. The van der Waals surface area contributed by atoms with Crippen molar-refractivity contribution >= 4 is 11.0 Å². The molecule has 0 fully saturated rings. The molecule has 0 aliphatic heterocycles. The lowest BCUT2D eigenvalue weighted by molar-refractivity contribution is 0.201. The Hall–Kier alpha value is -2.53. The first kappa shape index (κ1) is 18.8. The Morgan fingerprint density at radius 1 is 1.32 bits per heavy atom. The first-order chi connectivity index (χ1) is 11.9. The molecule has 134 valence electrons. The van der Waals surface area contributed by atoms with Crippen molar-refractivity contribution in [2.75, 3.05) is 13.7 Å². The third-order valence-electron chi connectivity index (χ3n) is 3.96. The van der Waals surface area contributed by atoms with Crippen molar-refractivity contribution < 1.29 is 19.0 Å². The third-order valence-corrected chi connectivity index (χ3v) is 3.96. The lowest BCUT2D eigenvalue weighted by Crippen LogP contribution is -2.07. The van der Waals surface area contributed by atoms with Gasteiger partial charge in [0.25, 0.3) is 0 Å². The smallest absolute Gasteiger partial charge is 0.336 e. The molecule has 5 heteroatoms. The van der Waals surface area contributed by atoms with Crippen LogP contribution in [0.4, 0.5) is 0 Å². The molecule has 2 aromatic rings. The largest absolute Gasteiger partial charge is 0.493 e. The van der Waals surface area contributed by atoms with Crippen molar-refractivity contribution in [2.24, 2.45) is 0 Å². The molecule has 2 rings (SSSR count). The van der Waals surface area contributed by atoms with Crippen LogP contribution in [0.1, 0.15) is 26.7 Å². The average Bonchev–Trinajstić information content (AvgIpc) is 2.58. The summed E-state index contributed by atoms with van der Waals surface area (Å²) in [5.74, 6) is 1.08. The molecular weight excluding hydrogens is 320 g/mol. The van der Waals surface area contributed by atoms with Crippen LogP contribution in [-0.2, 0) is 0 Å². The number of rotatable bonds is 8. The quantitative estimate of drug-likeness (QED) is 0.582. The van der Waals surface area contributed by atoms with Crippen LogP contribution in [0.5, 0.6) is 11.5 Å². The molecule has 0 saturated carbocycles. The summed E-state index contributed by atoms with van der Waals surface area (Å²) >= 11 is 0. The third kappa shape index (κ3) is 5.22. The molecule has 0 spiro atoms. The first-order valence-electron chi connectivity index (χ1n) is 8.14. The van der Waals surface area contributed by atoms with Gasteiger partial charge in [0, 0.05) is 17.5 Å². The van der Waals surface area contributed by atoms with Gasteiger partial charge in [-0.05, 0) is 44.9 Å². The van der Waals surface area contributed by atoms with Crippen LogP contribution in [0.2, 0.25) is 0 Å². The molecule has 0 saturated heterocycles. The molecule has 5 nitrogen and oxygen atoms in total. The maximum absolute atomic E-state index is 11.4. The second kappa shape index (κ2) is 8.53. The zero-order valence-electron chi connectivity index (χ0n) is 14.9. The maximum Gasteiger partial charge on any atom is 0.336 e. The fourth-order valence-corrected chi connectivity index (χ4v) is 2.33. The Balaban J connectivity index is 2.05. The predicted octanol–water partition coefficient (Wildman–Crippen LogP) is 3.84. The number of fused-ring (bicyclic) bond motifs is 1. The number of aliphatic hydroxyl groups is 1. The molecular formula is C20H24O5. The topological polar surface area (TPSA) is 68.9 Å². The summed E-state index contributed by atoms with van der Waals surface area (Å²) in [5, 5.41) is 10.5. The van der Waals surface area contributed by atoms with Gasteiger partial charge in [-0.3, -0.25) is 0 Å². The summed E-state index contributed by atoms with van der Waals surface area (Å²) in [5.41, 5.74) is 1.93. The van der Waals surface area contributed by atoms with E-state index < -0.39 is 11.7 Å². The standard InChI is InChI=1S/C20H24O5/c1-13(2)16(21)7-5-14(3)9-10-24-19-12-17-15(11-18(19)23-4)6-8-20(22)25-17/h6,8-9,11-12,16,21H,1,5,7,10H2,2-4H3/b14-9+/t16-/m0/s1. The number of benzene rings is 1. The molecule has 1 atom stereocenters. The molecule has 1 aromatic heterocycles. The van der Waals surface area contributed by atoms with Gasteiger partial charge in [-0.15, -0.1) is 0 Å². The summed E-state index contributed by atoms with van der Waals surface area (Å²) < 4.78 is 16.3. The van der Waals surface area contributed by atoms with E-state index in [1.165, 1.54) is 6.07 Å². The Kier molecular flexibility index (Phi) is 6.42. The minimum Gasteiger partial charge on any atom is -0.493 e. The van der Waals surface area contributed by atoms with Crippen LogP contribution in [0, 0.1) is 0 Å². The fraction of sp³-hybridized carbons (Fsp3) is 0.350. The minimum absolute atomic E-state index is 0.355. The second-order valence-corrected chi connectivity index (χ2v) is 6.06. The molecule has 0 bridgehead atoms. The monoisotopic (exact) mass is 344 g/mol. The summed E-state index contributed by atoms with van der Waals surface area (Å²) in [6, 6.07) is 6.48. The second-order valence-electron chi connectivity index (χ2n) is 6.06. The van der Waals surface area contributed by atoms with Crippen molar-refractivity contribution in [1.82, 2.24) is 0 Å². The fourth-order valence-electron chi connectivity index (χ4n) is 2.33. The summed E-state index contributed by atoms with van der Waals surface area (Å²) in [6.07, 6.45) is 2.88. The Labute approximate surface area is 147 Å². The number of methoxy groups -OCH3 is 1. The van der Waals surface area contributed by atoms with Gasteiger partial charge in [-0.2, -0.15) is 0 Å². The van der Waals surface area contributed by atoms with E-state index in [9.17, 15) is 9.90 Å². The van der Waals surface area contributed by atoms with E-state index in [1.54, 1.807) is 25.3 Å². The highest BCUT2D eigenvalue weighted by atomic mass is 16.5. The highest BCUT2D eigenvalue weighted by Gasteiger charge is 2.09. The van der Waals surface area contributed by atoms with E-state index in [-0.39, 0.29) is 0 Å². The molecule has 0 radical (unpaired) electrons. The zero-order valence-corrected chi connectivity index (χ0v) is 14.9. The van der Waals surface area contributed by atoms with E-state index >= 15 is 0 Å². The van der Waals surface area contributed by atoms with Crippen LogP contribution >= 0.6 is 0 Å². The molecule has 0 aliphatic rings. The summed E-state index contributed by atoms with van der Waals surface area (Å²) in [6.45, 7) is 7.91. The maximum atomic E-state index is 11.4. The molecule has 0 amide bonds. The first-order valence-corrected chi connectivity index (χ1v) is 8.14. The summed E-state index contributed by atoms with van der Waals surface area (Å²) in [4.78, 5) is 11.4. The number of aliphatic hydroxyl groups excluding tert-OH is 1. The van der Waals surface area contributed by atoms with Crippen LogP contribution < -0.4 is 15.1 Å². The van der Waals surface area contributed by atoms with Crippen LogP contribution in [0.25, 0.3) is 11.0 Å². The van der Waals surface area contributed by atoms with Crippen LogP contribution in [0.3, 0.4) is 0 Å². The number of hydrogen-bond acceptors (Lipinski definition) is 5. The Bertz CT molecular complexity index is 832. The van der Waals surface area contributed by atoms with Crippen molar-refractivity contribution in [3.05, 3.63) is 58.5 Å². The van der Waals surface area contributed by atoms with Gasteiger partial charge in [0.1, 0.15) is 12.2 Å². The predicted molar refractivity (Wildman–Crippen MR) is 98.3 cm³/mol. The van der Waals surface area contributed by atoms with Crippen molar-refractivity contribution in [1.29, 1.82) is 0 Å². The van der Waals surface area contributed by atoms with Crippen LogP contribution in [0.15, 0.2) is 57.3 Å². The molecule has 0 unspecified atom stereocenters. The van der Waals surface area contributed by atoms with Crippen molar-refractivity contribution in [2.45, 2.75) is 32.8 Å². The number of hydrogen-bond donors (Lipinski definition) is 1. The van der Waals surface area contributed by atoms with Gasteiger partial charge < -0.3 is 19.0 Å². The summed E-state index contributed by atoms with van der Waals surface area (Å²) in [7, 11) is 1.56. The van der Waals surface area contributed by atoms with E-state index in [1.807, 2.05) is 19.9 Å². The van der Waals surface area contributed by atoms with Gasteiger partial charge in [-0.25, -0.2) is 4.79 Å². The van der Waals surface area contributed by atoms with Crippen molar-refractivity contribution in [3.8, 4) is 11.5 Å². The van der Waals surface area contributed by atoms with Gasteiger partial charge in [0.05, 0.1) is 13.2 Å². The lowest BCUT2D eigenvalue weighted by Gasteiger charge is -2.12. The highest BCUT2D eigenvalue weighted by molar-refractivity contribution is 5.80. The Morgan fingerprint density at radius 3 is 2.76 bits per heavy atom. The van der Waals surface area contributed by atoms with Crippen molar-refractivity contribution in [3.63, 3.8) is 0 Å². The van der Waals surface area contributed by atoms with E-state index in [0.717, 1.165) is 23.0 Å². The van der Waals surface area contributed by atoms with E-state index in [0.29, 0.717) is 30.1 Å². The minimum atomic E-state index is -0.479. The van der Waals surface area contributed by atoms with Gasteiger partial charge in [0.15, 0.2) is 11.5 Å². The van der Waals surface area contributed by atoms with Gasteiger partial charge in [0.2, 0.25) is 0 Å². The molecule has 1 aromatic carbocycles. The van der Waals surface area contributed by atoms with Gasteiger partial charge >= 0.3 is 5.63 Å². The Morgan fingerprint density at radius 2 is 2.08 bits per heavy atom. The highest BCUT2D eigenvalue weighted by Crippen LogP contribution is 2.31. The molecule has 0 aliphatic carbocycles. The lowest BCUT2D eigenvalue weighted by atomic mass is 10.0. The number of ether oxygens (including phenoxy) is 2. The van der Waals surface area contributed by atoms with E-state index in [4.69, 9.17) is 13.9 Å². The normalized spacial score (nSPS) is 12.9. The van der Waals surface area contributed by atoms with Crippen LogP contribution in [-0.4, -0.2) is 24.9 Å². The molecule has 25 heavy (non-hydrogen) atoms. The zero-order chi connectivity index (χ0) is 18.4. The SMILES string of the molecule is C=C(C)[C@@H](O)CC/C(C)=C/COc1cc2oc(=O)ccc2cc1OC.